The molecule has 2 nitrogen and oxygen atoms in total. The summed E-state index contributed by atoms with van der Waals surface area (Å²) in [6.45, 7) is 0. The van der Waals surface area contributed by atoms with Gasteiger partial charge >= 0.3 is 0 Å². The van der Waals surface area contributed by atoms with Gasteiger partial charge in [-0.2, -0.15) is 5.26 Å². The van der Waals surface area contributed by atoms with E-state index in [1.54, 1.807) is 12.2 Å². The Balaban J connectivity index is 2.89. The predicted octanol–water partition coefficient (Wildman–Crippen LogP) is 2.14. The maximum Gasteiger partial charge on any atom is 0.166 e. The zero-order valence-electron chi connectivity index (χ0n) is 6.17. The molecule has 1 rings (SSSR count). The lowest BCUT2D eigenvalue weighted by Gasteiger charge is -2.27. The van der Waals surface area contributed by atoms with E-state index in [2.05, 4.69) is 0 Å². The number of aliphatic hydroxyl groups is 1. The van der Waals surface area contributed by atoms with E-state index in [0.717, 1.165) is 0 Å². The van der Waals surface area contributed by atoms with E-state index < -0.39 is 11.0 Å². The van der Waals surface area contributed by atoms with Gasteiger partial charge in [0.15, 0.2) is 5.06 Å². The largest absolute Gasteiger partial charge is 0.371 e. The van der Waals surface area contributed by atoms with E-state index in [9.17, 15) is 5.11 Å². The molecule has 0 aromatic carbocycles. The molecule has 1 N–H and O–H groups in total. The Morgan fingerprint density at radius 2 is 2.42 bits per heavy atom. The summed E-state index contributed by atoms with van der Waals surface area (Å²) in [4.78, 5) is 0. The number of allylic oxidation sites excluding steroid dienone is 2. The fourth-order valence-electron chi connectivity index (χ4n) is 1.03. The van der Waals surface area contributed by atoms with Crippen LogP contribution in [0.15, 0.2) is 23.3 Å². The monoisotopic (exact) mass is 203 g/mol. The zero-order valence-corrected chi connectivity index (χ0v) is 7.68. The number of hydrogen-bond donors (Lipinski definition) is 1. The van der Waals surface area contributed by atoms with Crippen LogP contribution in [-0.2, 0) is 0 Å². The molecule has 1 aliphatic rings. The summed E-state index contributed by atoms with van der Waals surface area (Å²) in [5.41, 5.74) is 0. The lowest BCUT2D eigenvalue weighted by atomic mass is 9.94. The van der Waals surface area contributed by atoms with Crippen molar-refractivity contribution < 1.29 is 5.11 Å². The van der Waals surface area contributed by atoms with Crippen molar-refractivity contribution in [3.63, 3.8) is 0 Å². The van der Waals surface area contributed by atoms with Crippen LogP contribution in [0.1, 0.15) is 6.42 Å². The first-order valence-corrected chi connectivity index (χ1v) is 4.16. The lowest BCUT2D eigenvalue weighted by molar-refractivity contribution is 0.131. The minimum absolute atomic E-state index is 0.111. The van der Waals surface area contributed by atoms with E-state index in [0.29, 0.717) is 5.03 Å². The van der Waals surface area contributed by atoms with Crippen LogP contribution in [0.2, 0.25) is 0 Å². The van der Waals surface area contributed by atoms with Crippen LogP contribution in [-0.4, -0.2) is 10.2 Å². The molecule has 0 aromatic rings. The van der Waals surface area contributed by atoms with Gasteiger partial charge in [0, 0.05) is 11.5 Å². The third kappa shape index (κ3) is 1.81. The molecule has 0 radical (unpaired) electrons. The third-order valence-electron chi connectivity index (χ3n) is 1.70. The van der Waals surface area contributed by atoms with Crippen LogP contribution in [0, 0.1) is 17.2 Å². The van der Waals surface area contributed by atoms with Crippen LogP contribution in [0.3, 0.4) is 0 Å². The predicted molar refractivity (Wildman–Crippen MR) is 47.6 cm³/mol. The zero-order chi connectivity index (χ0) is 9.19. The Labute approximate surface area is 80.7 Å². The summed E-state index contributed by atoms with van der Waals surface area (Å²) in [6.07, 6.45) is 4.73. The van der Waals surface area contributed by atoms with Crippen LogP contribution in [0.4, 0.5) is 0 Å². The molecule has 2 unspecified atom stereocenters. The van der Waals surface area contributed by atoms with Crippen molar-refractivity contribution >= 4 is 23.2 Å². The van der Waals surface area contributed by atoms with Crippen molar-refractivity contribution in [2.24, 2.45) is 5.92 Å². The van der Waals surface area contributed by atoms with Crippen molar-refractivity contribution in [2.45, 2.75) is 11.5 Å². The number of nitriles is 1. The Hall–Kier alpha value is -0.490. The molecular formula is C8H7Cl2NO. The topological polar surface area (TPSA) is 44.0 Å². The summed E-state index contributed by atoms with van der Waals surface area (Å²) < 4.78 is 0. The van der Waals surface area contributed by atoms with Gasteiger partial charge in [0.1, 0.15) is 0 Å². The highest BCUT2D eigenvalue weighted by Crippen LogP contribution is 2.37. The molecule has 64 valence electrons. The number of nitrogens with zero attached hydrogens (tertiary/aromatic N) is 1. The standard InChI is InChI=1S/C8H7Cl2NO/c9-7-2-1-4-8(10,12)6(7)3-5-11/h1-2,4,6,12H,3H2. The molecule has 0 aliphatic heterocycles. The van der Waals surface area contributed by atoms with Gasteiger partial charge in [0.25, 0.3) is 0 Å². The minimum atomic E-state index is -1.51. The smallest absolute Gasteiger partial charge is 0.166 e. The van der Waals surface area contributed by atoms with Crippen molar-refractivity contribution in [2.75, 3.05) is 0 Å². The normalized spacial score (nSPS) is 34.2. The average Bonchev–Trinajstić information content (AvgIpc) is 1.97. The van der Waals surface area contributed by atoms with Crippen LogP contribution in [0.25, 0.3) is 0 Å². The minimum Gasteiger partial charge on any atom is -0.371 e. The van der Waals surface area contributed by atoms with E-state index >= 15 is 0 Å². The van der Waals surface area contributed by atoms with Crippen molar-refractivity contribution in [1.82, 2.24) is 0 Å². The number of halogens is 2. The van der Waals surface area contributed by atoms with Crippen LogP contribution >= 0.6 is 23.2 Å². The molecule has 0 spiro atoms. The highest BCUT2D eigenvalue weighted by molar-refractivity contribution is 6.32. The number of hydrogen-bond acceptors (Lipinski definition) is 2. The molecular weight excluding hydrogens is 197 g/mol. The maximum atomic E-state index is 9.54. The second-order valence-corrected chi connectivity index (χ2v) is 3.59. The molecule has 4 heteroatoms. The van der Waals surface area contributed by atoms with Gasteiger partial charge in [-0.25, -0.2) is 0 Å². The van der Waals surface area contributed by atoms with Crippen LogP contribution in [0.5, 0.6) is 0 Å². The molecule has 0 fully saturated rings. The number of rotatable bonds is 1. The Kier molecular flexibility index (Phi) is 2.79. The molecule has 0 saturated carbocycles. The summed E-state index contributed by atoms with van der Waals surface area (Å²) in [5, 5.41) is 16.9. The van der Waals surface area contributed by atoms with Gasteiger partial charge in [-0.1, -0.05) is 29.3 Å². The van der Waals surface area contributed by atoms with Gasteiger partial charge in [-0.3, -0.25) is 0 Å². The van der Waals surface area contributed by atoms with Gasteiger partial charge in [-0.15, -0.1) is 0 Å². The van der Waals surface area contributed by atoms with E-state index in [1.807, 2.05) is 6.07 Å². The first kappa shape index (κ1) is 9.60. The van der Waals surface area contributed by atoms with Crippen molar-refractivity contribution in [3.8, 4) is 6.07 Å². The first-order chi connectivity index (χ1) is 5.58. The van der Waals surface area contributed by atoms with Gasteiger partial charge in [-0.05, 0) is 12.2 Å². The second kappa shape index (κ2) is 3.49. The fraction of sp³-hybridized carbons (Fsp3) is 0.375. The Morgan fingerprint density at radius 3 is 2.92 bits per heavy atom. The first-order valence-electron chi connectivity index (χ1n) is 3.41. The van der Waals surface area contributed by atoms with Gasteiger partial charge in [0.2, 0.25) is 0 Å². The van der Waals surface area contributed by atoms with Crippen LogP contribution < -0.4 is 0 Å². The highest BCUT2D eigenvalue weighted by Gasteiger charge is 2.35. The van der Waals surface area contributed by atoms with Gasteiger partial charge in [0.05, 0.1) is 12.0 Å². The maximum absolute atomic E-state index is 9.54. The SMILES string of the molecule is N#CCC1C(Cl)=CC=CC1(O)Cl. The third-order valence-corrected chi connectivity index (χ3v) is 2.48. The van der Waals surface area contributed by atoms with E-state index in [-0.39, 0.29) is 6.42 Å². The summed E-state index contributed by atoms with van der Waals surface area (Å²) >= 11 is 11.5. The molecule has 0 bridgehead atoms. The second-order valence-electron chi connectivity index (χ2n) is 2.55. The van der Waals surface area contributed by atoms with Gasteiger partial charge < -0.3 is 5.11 Å². The molecule has 2 atom stereocenters. The highest BCUT2D eigenvalue weighted by atomic mass is 35.5. The molecule has 0 saturated heterocycles. The lowest BCUT2D eigenvalue weighted by Crippen LogP contribution is -2.31. The van der Waals surface area contributed by atoms with E-state index in [1.165, 1.54) is 6.08 Å². The summed E-state index contributed by atoms with van der Waals surface area (Å²) in [5.74, 6) is -0.518. The molecule has 0 amide bonds. The summed E-state index contributed by atoms with van der Waals surface area (Å²) in [7, 11) is 0. The average molecular weight is 204 g/mol. The number of alkyl halides is 1. The van der Waals surface area contributed by atoms with Crippen molar-refractivity contribution in [3.05, 3.63) is 23.3 Å². The quantitative estimate of drug-likeness (QED) is 0.665. The Morgan fingerprint density at radius 1 is 1.75 bits per heavy atom. The molecule has 0 heterocycles. The molecule has 12 heavy (non-hydrogen) atoms. The summed E-state index contributed by atoms with van der Waals surface area (Å²) in [6, 6.07) is 1.92. The molecule has 1 aliphatic carbocycles. The van der Waals surface area contributed by atoms with E-state index in [4.69, 9.17) is 28.5 Å². The van der Waals surface area contributed by atoms with Crippen molar-refractivity contribution in [1.29, 1.82) is 5.26 Å². The fourth-order valence-corrected chi connectivity index (χ4v) is 1.67. The molecule has 0 aromatic heterocycles. The Bertz CT molecular complexity index is 275.